The number of nitrogens with zero attached hydrogens (tertiary/aromatic N) is 1. The summed E-state index contributed by atoms with van der Waals surface area (Å²) >= 11 is 3.67. The molecule has 1 aliphatic carbocycles. The van der Waals surface area contributed by atoms with Gasteiger partial charge in [0.1, 0.15) is 0 Å². The Morgan fingerprint density at radius 3 is 2.76 bits per heavy atom. The minimum absolute atomic E-state index is 0.400. The molecule has 0 spiro atoms. The first-order valence-electron chi connectivity index (χ1n) is 8.44. The maximum Gasteiger partial charge on any atom is 0.0428 e. The summed E-state index contributed by atoms with van der Waals surface area (Å²) in [7, 11) is 2.05. The third-order valence-electron chi connectivity index (χ3n) is 5.44. The first-order valence-corrected chi connectivity index (χ1v) is 9.23. The molecule has 3 rings (SSSR count). The zero-order valence-corrected chi connectivity index (χ0v) is 14.8. The highest BCUT2D eigenvalue weighted by atomic mass is 79.9. The summed E-state index contributed by atoms with van der Waals surface area (Å²) < 4.78 is 1.20. The van der Waals surface area contributed by atoms with Crippen LogP contribution >= 0.6 is 15.9 Å². The van der Waals surface area contributed by atoms with Crippen LogP contribution in [0.15, 0.2) is 22.7 Å². The van der Waals surface area contributed by atoms with Crippen molar-refractivity contribution in [3.05, 3.63) is 28.2 Å². The minimum Gasteiger partial charge on any atom is -0.368 e. The number of rotatable bonds is 3. The van der Waals surface area contributed by atoms with Gasteiger partial charge in [0.15, 0.2) is 0 Å². The second kappa shape index (κ2) is 6.70. The molecule has 1 saturated heterocycles. The SMILES string of the molecule is CNC(C)c1ccc(Br)cc1N1CCC[C@H]2CCCC[C@H]21. The van der Waals surface area contributed by atoms with Crippen LogP contribution in [0, 0.1) is 5.92 Å². The van der Waals surface area contributed by atoms with E-state index in [4.69, 9.17) is 0 Å². The van der Waals surface area contributed by atoms with Crippen LogP contribution < -0.4 is 10.2 Å². The van der Waals surface area contributed by atoms with E-state index in [1.54, 1.807) is 0 Å². The summed E-state index contributed by atoms with van der Waals surface area (Å²) in [5, 5.41) is 3.41. The Kier molecular flexibility index (Phi) is 4.90. The summed E-state index contributed by atoms with van der Waals surface area (Å²) in [5.41, 5.74) is 2.88. The number of hydrogen-bond donors (Lipinski definition) is 1. The second-order valence-corrected chi connectivity index (χ2v) is 7.58. The molecular weight excluding hydrogens is 324 g/mol. The van der Waals surface area contributed by atoms with Crippen LogP contribution in [0.3, 0.4) is 0 Å². The number of halogens is 1. The molecule has 1 heterocycles. The quantitative estimate of drug-likeness (QED) is 0.834. The van der Waals surface area contributed by atoms with E-state index in [2.05, 4.69) is 58.3 Å². The number of anilines is 1. The van der Waals surface area contributed by atoms with Gasteiger partial charge in [0.25, 0.3) is 0 Å². The van der Waals surface area contributed by atoms with Gasteiger partial charge in [-0.1, -0.05) is 34.8 Å². The topological polar surface area (TPSA) is 15.3 Å². The van der Waals surface area contributed by atoms with E-state index >= 15 is 0 Å². The van der Waals surface area contributed by atoms with E-state index in [9.17, 15) is 0 Å². The van der Waals surface area contributed by atoms with Crippen LogP contribution in [0.5, 0.6) is 0 Å². The predicted octanol–water partition coefficient (Wildman–Crippen LogP) is 4.89. The molecule has 0 amide bonds. The normalized spacial score (nSPS) is 27.3. The van der Waals surface area contributed by atoms with Crippen LogP contribution in [-0.2, 0) is 0 Å². The van der Waals surface area contributed by atoms with Crippen LogP contribution in [-0.4, -0.2) is 19.6 Å². The molecule has 2 aliphatic rings. The van der Waals surface area contributed by atoms with Crippen molar-refractivity contribution in [3.63, 3.8) is 0 Å². The highest BCUT2D eigenvalue weighted by Crippen LogP contribution is 2.40. The lowest BCUT2D eigenvalue weighted by molar-refractivity contribution is 0.243. The molecule has 2 fully saturated rings. The second-order valence-electron chi connectivity index (χ2n) is 6.66. The fraction of sp³-hybridized carbons (Fsp3) is 0.667. The molecule has 21 heavy (non-hydrogen) atoms. The van der Waals surface area contributed by atoms with Crippen LogP contribution in [0.1, 0.15) is 57.1 Å². The fourth-order valence-electron chi connectivity index (χ4n) is 4.21. The third-order valence-corrected chi connectivity index (χ3v) is 5.94. The molecule has 1 N–H and O–H groups in total. The van der Waals surface area contributed by atoms with Crippen molar-refractivity contribution in [2.45, 2.75) is 57.5 Å². The minimum atomic E-state index is 0.400. The van der Waals surface area contributed by atoms with Crippen LogP contribution in [0.25, 0.3) is 0 Å². The van der Waals surface area contributed by atoms with Gasteiger partial charge in [-0.05, 0) is 63.3 Å². The fourth-order valence-corrected chi connectivity index (χ4v) is 4.56. The number of fused-ring (bicyclic) bond motifs is 1. The van der Waals surface area contributed by atoms with Gasteiger partial charge in [-0.15, -0.1) is 0 Å². The highest BCUT2D eigenvalue weighted by Gasteiger charge is 2.34. The van der Waals surface area contributed by atoms with Gasteiger partial charge in [0, 0.05) is 28.8 Å². The molecular formula is C18H27BrN2. The Balaban J connectivity index is 1.95. The zero-order chi connectivity index (χ0) is 14.8. The number of piperidine rings is 1. The molecule has 3 atom stereocenters. The van der Waals surface area contributed by atoms with Crippen molar-refractivity contribution in [2.75, 3.05) is 18.5 Å². The largest absolute Gasteiger partial charge is 0.368 e. The average Bonchev–Trinajstić information content (AvgIpc) is 2.53. The lowest BCUT2D eigenvalue weighted by atomic mass is 9.78. The van der Waals surface area contributed by atoms with Gasteiger partial charge in [0.05, 0.1) is 0 Å². The molecule has 3 heteroatoms. The third kappa shape index (κ3) is 3.14. The van der Waals surface area contributed by atoms with E-state index < -0.39 is 0 Å². The number of benzene rings is 1. The Morgan fingerprint density at radius 1 is 1.19 bits per heavy atom. The number of nitrogens with one attached hydrogen (secondary N) is 1. The highest BCUT2D eigenvalue weighted by molar-refractivity contribution is 9.10. The maximum absolute atomic E-state index is 3.67. The number of hydrogen-bond acceptors (Lipinski definition) is 2. The molecule has 2 nitrogen and oxygen atoms in total. The standard InChI is InChI=1S/C18H27BrN2/c1-13(20-2)16-10-9-15(19)12-18(16)21-11-5-7-14-6-3-4-8-17(14)21/h9-10,12-14,17,20H,3-8,11H2,1-2H3/t13?,14-,17-/m1/s1. The van der Waals surface area contributed by atoms with Gasteiger partial charge < -0.3 is 10.2 Å². The van der Waals surface area contributed by atoms with Crippen LogP contribution in [0.2, 0.25) is 0 Å². The molecule has 0 bridgehead atoms. The molecule has 1 aromatic carbocycles. The van der Waals surface area contributed by atoms with Crippen molar-refractivity contribution in [1.29, 1.82) is 0 Å². The van der Waals surface area contributed by atoms with Gasteiger partial charge in [-0.2, -0.15) is 0 Å². The summed E-state index contributed by atoms with van der Waals surface area (Å²) in [6.07, 6.45) is 8.44. The van der Waals surface area contributed by atoms with E-state index in [1.165, 1.54) is 60.8 Å². The summed E-state index contributed by atoms with van der Waals surface area (Å²) in [6, 6.07) is 7.96. The Labute approximate surface area is 137 Å². The van der Waals surface area contributed by atoms with Crippen LogP contribution in [0.4, 0.5) is 5.69 Å². The summed E-state index contributed by atoms with van der Waals surface area (Å²) in [4.78, 5) is 2.72. The van der Waals surface area contributed by atoms with Crippen molar-refractivity contribution in [1.82, 2.24) is 5.32 Å². The molecule has 1 aliphatic heterocycles. The molecule has 116 valence electrons. The Bertz CT molecular complexity index is 486. The van der Waals surface area contributed by atoms with E-state index in [0.29, 0.717) is 6.04 Å². The Hall–Kier alpha value is -0.540. The van der Waals surface area contributed by atoms with E-state index in [0.717, 1.165) is 12.0 Å². The molecule has 1 aromatic rings. The van der Waals surface area contributed by atoms with E-state index in [-0.39, 0.29) is 0 Å². The molecule has 1 unspecified atom stereocenters. The van der Waals surface area contributed by atoms with Gasteiger partial charge in [0.2, 0.25) is 0 Å². The van der Waals surface area contributed by atoms with Crippen molar-refractivity contribution in [2.24, 2.45) is 5.92 Å². The van der Waals surface area contributed by atoms with Gasteiger partial charge in [-0.3, -0.25) is 0 Å². The molecule has 0 radical (unpaired) electrons. The summed E-state index contributed by atoms with van der Waals surface area (Å²) in [6.45, 7) is 3.48. The lowest BCUT2D eigenvalue weighted by Crippen LogP contribution is -2.47. The first kappa shape index (κ1) is 15.4. The molecule has 1 saturated carbocycles. The van der Waals surface area contributed by atoms with Gasteiger partial charge >= 0.3 is 0 Å². The first-order chi connectivity index (χ1) is 10.2. The smallest absolute Gasteiger partial charge is 0.0428 e. The lowest BCUT2D eigenvalue weighted by Gasteiger charge is -2.46. The predicted molar refractivity (Wildman–Crippen MR) is 93.9 cm³/mol. The van der Waals surface area contributed by atoms with E-state index in [1.807, 2.05) is 0 Å². The maximum atomic E-state index is 3.67. The van der Waals surface area contributed by atoms with Gasteiger partial charge in [-0.25, -0.2) is 0 Å². The van der Waals surface area contributed by atoms with Crippen molar-refractivity contribution >= 4 is 21.6 Å². The zero-order valence-electron chi connectivity index (χ0n) is 13.2. The monoisotopic (exact) mass is 350 g/mol. The average molecular weight is 351 g/mol. The van der Waals surface area contributed by atoms with Crippen molar-refractivity contribution in [3.8, 4) is 0 Å². The molecule has 0 aromatic heterocycles. The van der Waals surface area contributed by atoms with Crippen molar-refractivity contribution < 1.29 is 0 Å². The Morgan fingerprint density at radius 2 is 1.95 bits per heavy atom. The summed E-state index contributed by atoms with van der Waals surface area (Å²) in [5.74, 6) is 0.921.